The van der Waals surface area contributed by atoms with E-state index in [-0.39, 0.29) is 23.2 Å². The van der Waals surface area contributed by atoms with Crippen molar-refractivity contribution in [2.75, 3.05) is 27.9 Å². The lowest BCUT2D eigenvalue weighted by Gasteiger charge is -2.32. The topological polar surface area (TPSA) is 148 Å². The number of hydrogen-bond donors (Lipinski definition) is 5. The molecule has 0 saturated heterocycles. The number of aromatic nitrogens is 1. The lowest BCUT2D eigenvalue weighted by atomic mass is 9.89. The van der Waals surface area contributed by atoms with Gasteiger partial charge >= 0.3 is 5.97 Å². The first-order valence-corrected chi connectivity index (χ1v) is 12.3. The van der Waals surface area contributed by atoms with Gasteiger partial charge in [0.05, 0.1) is 33.4 Å². The molecule has 4 rings (SSSR count). The molecular formula is C27H34N4O6. The van der Waals surface area contributed by atoms with E-state index < -0.39 is 24.1 Å². The van der Waals surface area contributed by atoms with E-state index in [1.165, 1.54) is 21.3 Å². The number of aromatic hydroxyl groups is 1. The van der Waals surface area contributed by atoms with Crippen LogP contribution in [0.3, 0.4) is 0 Å². The van der Waals surface area contributed by atoms with Gasteiger partial charge < -0.3 is 35.4 Å². The van der Waals surface area contributed by atoms with Crippen LogP contribution in [0.1, 0.15) is 42.1 Å². The van der Waals surface area contributed by atoms with E-state index >= 15 is 0 Å². The number of fused-ring (bicyclic) bond motifs is 3. The van der Waals surface area contributed by atoms with Crippen LogP contribution in [0.15, 0.2) is 36.4 Å². The van der Waals surface area contributed by atoms with E-state index in [1.54, 1.807) is 12.1 Å². The molecule has 2 aromatic carbocycles. The number of nitrogens with one attached hydrogen (secondary N) is 3. The molecule has 6 N–H and O–H groups in total. The number of phenolic OH excluding ortho intramolecular Hbond substituents is 1. The Morgan fingerprint density at radius 3 is 2.49 bits per heavy atom. The first kappa shape index (κ1) is 26.3. The summed E-state index contributed by atoms with van der Waals surface area (Å²) in [6.07, 6.45) is 2.30. The van der Waals surface area contributed by atoms with Crippen molar-refractivity contribution < 1.29 is 28.9 Å². The molecule has 1 aromatic heterocycles. The van der Waals surface area contributed by atoms with Gasteiger partial charge in [-0.1, -0.05) is 18.2 Å². The van der Waals surface area contributed by atoms with Gasteiger partial charge in [0.25, 0.3) is 0 Å². The summed E-state index contributed by atoms with van der Waals surface area (Å²) in [5.74, 6) is -0.383. The molecule has 37 heavy (non-hydrogen) atoms. The fourth-order valence-electron chi connectivity index (χ4n) is 4.90. The van der Waals surface area contributed by atoms with Gasteiger partial charge in [0.1, 0.15) is 6.04 Å². The maximum absolute atomic E-state index is 13.5. The Labute approximate surface area is 215 Å². The van der Waals surface area contributed by atoms with E-state index in [2.05, 4.69) is 15.6 Å². The number of unbranched alkanes of at least 4 members (excludes halogenated alkanes) is 1. The highest BCUT2D eigenvalue weighted by molar-refractivity contribution is 5.90. The number of carbonyl (C=O) groups excluding carboxylic acids is 2. The summed E-state index contributed by atoms with van der Waals surface area (Å²) in [6.45, 7) is 0.511. The lowest BCUT2D eigenvalue weighted by molar-refractivity contribution is -0.145. The monoisotopic (exact) mass is 510 g/mol. The molecule has 0 unspecified atom stereocenters. The minimum Gasteiger partial charge on any atom is -0.502 e. The summed E-state index contributed by atoms with van der Waals surface area (Å²) in [6, 6.07) is 9.51. The van der Waals surface area contributed by atoms with Crippen LogP contribution in [-0.4, -0.2) is 61.9 Å². The molecular weight excluding hydrogens is 476 g/mol. The van der Waals surface area contributed by atoms with Crippen molar-refractivity contribution in [3.8, 4) is 17.2 Å². The van der Waals surface area contributed by atoms with Gasteiger partial charge in [0.2, 0.25) is 11.7 Å². The molecule has 10 heteroatoms. The van der Waals surface area contributed by atoms with Gasteiger partial charge in [-0.05, 0) is 61.6 Å². The minimum absolute atomic E-state index is 0.103. The number of rotatable bonds is 10. The molecule has 2 heterocycles. The average molecular weight is 511 g/mol. The number of nitrogens with two attached hydrogens (primary N) is 1. The number of phenols is 1. The van der Waals surface area contributed by atoms with E-state index in [0.29, 0.717) is 25.8 Å². The summed E-state index contributed by atoms with van der Waals surface area (Å²) in [5, 5.41) is 17.8. The zero-order valence-electron chi connectivity index (χ0n) is 21.3. The normalized spacial score (nSPS) is 17.6. The zero-order chi connectivity index (χ0) is 26.5. The largest absolute Gasteiger partial charge is 0.502 e. The maximum atomic E-state index is 13.5. The molecule has 0 aliphatic carbocycles. The molecule has 10 nitrogen and oxygen atoms in total. The molecule has 1 aliphatic rings. The molecule has 0 radical (unpaired) electrons. The van der Waals surface area contributed by atoms with E-state index in [9.17, 15) is 14.7 Å². The van der Waals surface area contributed by atoms with Crippen LogP contribution >= 0.6 is 0 Å². The molecule has 0 spiro atoms. The van der Waals surface area contributed by atoms with Gasteiger partial charge in [0.15, 0.2) is 11.5 Å². The fraction of sp³-hybridized carbons (Fsp3) is 0.407. The third kappa shape index (κ3) is 5.35. The van der Waals surface area contributed by atoms with Crippen LogP contribution in [0.25, 0.3) is 10.9 Å². The smallest absolute Gasteiger partial charge is 0.328 e. The van der Waals surface area contributed by atoms with Gasteiger partial charge in [-0.2, -0.15) is 0 Å². The molecule has 0 bridgehead atoms. The number of carbonyl (C=O) groups is 2. The first-order valence-electron chi connectivity index (χ1n) is 12.3. The second-order valence-electron chi connectivity index (χ2n) is 9.06. The highest BCUT2D eigenvalue weighted by Crippen LogP contribution is 2.42. The third-order valence-corrected chi connectivity index (χ3v) is 6.81. The number of H-pyrrole nitrogens is 1. The summed E-state index contributed by atoms with van der Waals surface area (Å²) >= 11 is 0. The van der Waals surface area contributed by atoms with Gasteiger partial charge in [-0.3, -0.25) is 10.1 Å². The van der Waals surface area contributed by atoms with E-state index in [1.807, 2.05) is 24.3 Å². The Hall–Kier alpha value is -3.76. The molecule has 1 aliphatic heterocycles. The van der Waals surface area contributed by atoms with Gasteiger partial charge in [0, 0.05) is 16.6 Å². The van der Waals surface area contributed by atoms with E-state index in [4.69, 9.17) is 19.9 Å². The third-order valence-electron chi connectivity index (χ3n) is 6.81. The second kappa shape index (κ2) is 11.5. The Kier molecular flexibility index (Phi) is 8.20. The number of para-hydroxylation sites is 1. The van der Waals surface area contributed by atoms with Crippen LogP contribution in [0.5, 0.6) is 17.2 Å². The van der Waals surface area contributed by atoms with Gasteiger partial charge in [-0.15, -0.1) is 0 Å². The quantitative estimate of drug-likeness (QED) is 0.206. The number of benzene rings is 2. The van der Waals surface area contributed by atoms with E-state index in [0.717, 1.165) is 34.1 Å². The predicted octanol–water partition coefficient (Wildman–Crippen LogP) is 2.28. The standard InChI is InChI=1S/C27H34N4O6/c1-35-21-12-15(13-22(36-2)25(21)32)23-24-17(16-8-4-5-9-18(16)29-24)14-20(30-23)26(33)31-19(27(34)37-3)10-6-7-11-28/h4-5,8-9,12-13,19-20,23,29-30,32H,6-7,10-11,14,28H2,1-3H3,(H,31,33)/t19-,20+,23-/m1/s1. The van der Waals surface area contributed by atoms with Crippen molar-refractivity contribution in [3.05, 3.63) is 53.2 Å². The van der Waals surface area contributed by atoms with Crippen LogP contribution in [-0.2, 0) is 20.7 Å². The molecule has 0 saturated carbocycles. The van der Waals surface area contributed by atoms with Crippen molar-refractivity contribution in [2.24, 2.45) is 5.73 Å². The summed E-state index contributed by atoms with van der Waals surface area (Å²) in [4.78, 5) is 29.4. The van der Waals surface area contributed by atoms with Crippen LogP contribution < -0.4 is 25.8 Å². The van der Waals surface area contributed by atoms with Crippen LogP contribution in [0, 0.1) is 0 Å². The van der Waals surface area contributed by atoms with Crippen molar-refractivity contribution in [1.29, 1.82) is 0 Å². The van der Waals surface area contributed by atoms with Crippen molar-refractivity contribution in [2.45, 2.75) is 43.8 Å². The maximum Gasteiger partial charge on any atom is 0.328 e. The Balaban J connectivity index is 1.71. The lowest BCUT2D eigenvalue weighted by Crippen LogP contribution is -2.53. The number of ether oxygens (including phenoxy) is 3. The van der Waals surface area contributed by atoms with Crippen molar-refractivity contribution in [3.63, 3.8) is 0 Å². The Morgan fingerprint density at radius 1 is 1.14 bits per heavy atom. The summed E-state index contributed by atoms with van der Waals surface area (Å²) in [7, 11) is 4.24. The van der Waals surface area contributed by atoms with Crippen LogP contribution in [0.2, 0.25) is 0 Å². The average Bonchev–Trinajstić information content (AvgIpc) is 3.30. The Bertz CT molecular complexity index is 1250. The summed E-state index contributed by atoms with van der Waals surface area (Å²) in [5.41, 5.74) is 9.20. The first-order chi connectivity index (χ1) is 17.9. The highest BCUT2D eigenvalue weighted by Gasteiger charge is 2.36. The number of hydrogen-bond acceptors (Lipinski definition) is 8. The number of esters is 1. The Morgan fingerprint density at radius 2 is 1.84 bits per heavy atom. The molecule has 1 amide bonds. The minimum atomic E-state index is -0.762. The number of aromatic amines is 1. The fourth-order valence-corrected chi connectivity index (χ4v) is 4.90. The number of amides is 1. The molecule has 3 atom stereocenters. The molecule has 0 fully saturated rings. The second-order valence-corrected chi connectivity index (χ2v) is 9.06. The summed E-state index contributed by atoms with van der Waals surface area (Å²) < 4.78 is 15.7. The molecule has 3 aromatic rings. The van der Waals surface area contributed by atoms with Crippen LogP contribution in [0.4, 0.5) is 0 Å². The number of methoxy groups -OCH3 is 3. The molecule has 198 valence electrons. The van der Waals surface area contributed by atoms with Gasteiger partial charge in [-0.25, -0.2) is 4.79 Å². The highest BCUT2D eigenvalue weighted by atomic mass is 16.5. The van der Waals surface area contributed by atoms with Crippen molar-refractivity contribution >= 4 is 22.8 Å². The predicted molar refractivity (Wildman–Crippen MR) is 139 cm³/mol. The van der Waals surface area contributed by atoms with Crippen molar-refractivity contribution in [1.82, 2.24) is 15.6 Å². The SMILES string of the molecule is COC(=O)[C@@H](CCCCN)NC(=O)[C@@H]1Cc2c([nH]c3ccccc23)[C@@H](c2cc(OC)c(O)c(OC)c2)N1. The zero-order valence-corrected chi connectivity index (χ0v) is 21.3.